The number of ether oxygens (including phenoxy) is 1. The van der Waals surface area contributed by atoms with Crippen molar-refractivity contribution in [2.75, 3.05) is 43.7 Å². The highest BCUT2D eigenvalue weighted by atomic mass is 32.2. The number of aliphatic hydroxyl groups excluding tert-OH is 1. The molecule has 0 bridgehead atoms. The van der Waals surface area contributed by atoms with Gasteiger partial charge in [0.2, 0.25) is 5.88 Å². The number of nitrogens with one attached hydrogen (secondary N) is 1. The van der Waals surface area contributed by atoms with Gasteiger partial charge in [-0.3, -0.25) is 4.79 Å². The summed E-state index contributed by atoms with van der Waals surface area (Å²) in [6.07, 6.45) is 3.04. The van der Waals surface area contributed by atoms with E-state index >= 15 is 0 Å². The van der Waals surface area contributed by atoms with E-state index in [9.17, 15) is 18.3 Å². The number of aliphatic hydroxyl groups is 1. The van der Waals surface area contributed by atoms with E-state index in [-0.39, 0.29) is 49.3 Å². The van der Waals surface area contributed by atoms with Crippen molar-refractivity contribution in [2.45, 2.75) is 33.6 Å². The number of hydrogen-bond acceptors (Lipinski definition) is 6. The summed E-state index contributed by atoms with van der Waals surface area (Å²) in [6.45, 7) is 7.36. The van der Waals surface area contributed by atoms with E-state index < -0.39 is 15.6 Å². The van der Waals surface area contributed by atoms with Gasteiger partial charge in [0.05, 0.1) is 12.1 Å². The summed E-state index contributed by atoms with van der Waals surface area (Å²) in [5, 5.41) is 12.1. The second kappa shape index (κ2) is 8.45. The highest BCUT2D eigenvalue weighted by Gasteiger charge is 2.36. The van der Waals surface area contributed by atoms with E-state index in [2.05, 4.69) is 17.2 Å². The van der Waals surface area contributed by atoms with Crippen LogP contribution < -0.4 is 14.4 Å². The summed E-state index contributed by atoms with van der Waals surface area (Å²) in [6, 6.07) is 1.51. The normalized spacial score (nSPS) is 18.8. The lowest BCUT2D eigenvalue weighted by atomic mass is 9.95. The van der Waals surface area contributed by atoms with E-state index in [1.54, 1.807) is 0 Å². The fraction of sp³-hybridized carbons (Fsp3) is 0.684. The lowest BCUT2D eigenvalue weighted by Gasteiger charge is -2.36. The molecule has 0 spiro atoms. The SMILES string of the molecule is CC1CCN(S(=O)(=O)N2CCOc3ncc(C(=O)NCC(C)(C)CO)cc32)CC1. The van der Waals surface area contributed by atoms with Gasteiger partial charge in [0.15, 0.2) is 0 Å². The van der Waals surface area contributed by atoms with Crippen molar-refractivity contribution in [3.05, 3.63) is 17.8 Å². The second-order valence-corrected chi connectivity index (χ2v) is 10.4. The minimum atomic E-state index is -3.72. The average Bonchev–Trinajstić information content (AvgIpc) is 2.71. The zero-order valence-corrected chi connectivity index (χ0v) is 18.0. The zero-order valence-electron chi connectivity index (χ0n) is 17.2. The molecule has 3 heterocycles. The van der Waals surface area contributed by atoms with Gasteiger partial charge in [-0.15, -0.1) is 0 Å². The molecule has 2 aliphatic heterocycles. The summed E-state index contributed by atoms with van der Waals surface area (Å²) >= 11 is 0. The molecule has 9 nitrogen and oxygen atoms in total. The van der Waals surface area contributed by atoms with Crippen LogP contribution in [0.25, 0.3) is 0 Å². The summed E-state index contributed by atoms with van der Waals surface area (Å²) in [5.74, 6) is 0.340. The van der Waals surface area contributed by atoms with Gasteiger partial charge >= 0.3 is 10.2 Å². The maximum atomic E-state index is 13.2. The Labute approximate surface area is 172 Å². The molecular weight excluding hydrogens is 396 g/mol. The molecule has 0 aromatic carbocycles. The van der Waals surface area contributed by atoms with Gasteiger partial charge in [-0.2, -0.15) is 12.7 Å². The molecule has 162 valence electrons. The first kappa shape index (κ1) is 21.8. The first-order chi connectivity index (χ1) is 13.6. The Balaban J connectivity index is 1.83. The number of carbonyl (C=O) groups is 1. The lowest BCUT2D eigenvalue weighted by molar-refractivity contribution is 0.0910. The Morgan fingerprint density at radius 1 is 1.34 bits per heavy atom. The second-order valence-electron chi connectivity index (χ2n) is 8.56. The first-order valence-electron chi connectivity index (χ1n) is 9.94. The topological polar surface area (TPSA) is 112 Å². The Morgan fingerprint density at radius 3 is 2.69 bits per heavy atom. The molecule has 2 aliphatic rings. The van der Waals surface area contributed by atoms with Crippen LogP contribution in [0.1, 0.15) is 44.0 Å². The Hall–Kier alpha value is -1.91. The largest absolute Gasteiger partial charge is 0.474 e. The number of carbonyl (C=O) groups excluding carboxylic acids is 1. The number of fused-ring (bicyclic) bond motifs is 1. The summed E-state index contributed by atoms with van der Waals surface area (Å²) in [4.78, 5) is 16.7. The molecule has 0 atom stereocenters. The number of hydrogen-bond donors (Lipinski definition) is 2. The summed E-state index contributed by atoms with van der Waals surface area (Å²) in [7, 11) is -3.72. The van der Waals surface area contributed by atoms with Crippen molar-refractivity contribution in [1.82, 2.24) is 14.6 Å². The van der Waals surface area contributed by atoms with Crippen LogP contribution in [0.3, 0.4) is 0 Å². The summed E-state index contributed by atoms with van der Waals surface area (Å²) < 4.78 is 34.8. The third-order valence-corrected chi connectivity index (χ3v) is 7.35. The molecular formula is C19H30N4O5S. The minimum absolute atomic E-state index is 0.0654. The van der Waals surface area contributed by atoms with Crippen LogP contribution in [-0.2, 0) is 10.2 Å². The van der Waals surface area contributed by atoms with Crippen LogP contribution in [0.15, 0.2) is 12.3 Å². The Morgan fingerprint density at radius 2 is 2.03 bits per heavy atom. The van der Waals surface area contributed by atoms with Gasteiger partial charge in [-0.1, -0.05) is 20.8 Å². The molecule has 1 saturated heterocycles. The standard InChI is InChI=1S/C19H30N4O5S/c1-14-4-6-22(7-5-14)29(26,27)23-8-9-28-18-16(23)10-15(11-20-18)17(25)21-12-19(2,3)13-24/h10-11,14,24H,4-9,12-13H2,1-3H3,(H,21,25). The quantitative estimate of drug-likeness (QED) is 0.702. The van der Waals surface area contributed by atoms with Gasteiger partial charge in [0.25, 0.3) is 5.91 Å². The smallest absolute Gasteiger partial charge is 0.304 e. The number of piperidine rings is 1. The molecule has 2 N–H and O–H groups in total. The molecule has 0 unspecified atom stereocenters. The molecule has 0 aliphatic carbocycles. The van der Waals surface area contributed by atoms with E-state index in [4.69, 9.17) is 4.74 Å². The first-order valence-corrected chi connectivity index (χ1v) is 11.3. The van der Waals surface area contributed by atoms with E-state index in [1.165, 1.54) is 20.9 Å². The fourth-order valence-electron chi connectivity index (χ4n) is 3.27. The number of aromatic nitrogens is 1. The Kier molecular flexibility index (Phi) is 6.35. The van der Waals surface area contributed by atoms with Crippen LogP contribution in [0, 0.1) is 11.3 Å². The molecule has 1 fully saturated rings. The number of nitrogens with zero attached hydrogens (tertiary/aromatic N) is 3. The average molecular weight is 427 g/mol. The van der Waals surface area contributed by atoms with Gasteiger partial charge in [0, 0.05) is 37.9 Å². The maximum Gasteiger partial charge on any atom is 0.304 e. The molecule has 3 rings (SSSR count). The lowest BCUT2D eigenvalue weighted by Crippen LogP contribution is -2.49. The van der Waals surface area contributed by atoms with Crippen LogP contribution in [0.4, 0.5) is 5.69 Å². The molecule has 1 aromatic heterocycles. The Bertz CT molecular complexity index is 850. The highest BCUT2D eigenvalue weighted by Crippen LogP contribution is 2.34. The van der Waals surface area contributed by atoms with Gasteiger partial charge in [-0.25, -0.2) is 9.29 Å². The van der Waals surface area contributed by atoms with Crippen molar-refractivity contribution in [2.24, 2.45) is 11.3 Å². The third kappa shape index (κ3) is 4.81. The van der Waals surface area contributed by atoms with Crippen molar-refractivity contribution >= 4 is 21.8 Å². The highest BCUT2D eigenvalue weighted by molar-refractivity contribution is 7.90. The number of amides is 1. The van der Waals surface area contributed by atoms with Crippen molar-refractivity contribution < 1.29 is 23.1 Å². The monoisotopic (exact) mass is 426 g/mol. The molecule has 1 aromatic rings. The predicted molar refractivity (Wildman–Crippen MR) is 109 cm³/mol. The molecule has 29 heavy (non-hydrogen) atoms. The van der Waals surface area contributed by atoms with Crippen molar-refractivity contribution in [1.29, 1.82) is 0 Å². The summed E-state index contributed by atoms with van der Waals surface area (Å²) in [5.41, 5.74) is 0.0701. The number of rotatable bonds is 6. The van der Waals surface area contributed by atoms with Crippen LogP contribution in [0.5, 0.6) is 5.88 Å². The zero-order chi connectivity index (χ0) is 21.2. The van der Waals surface area contributed by atoms with Crippen molar-refractivity contribution in [3.8, 4) is 5.88 Å². The van der Waals surface area contributed by atoms with E-state index in [1.807, 2.05) is 13.8 Å². The van der Waals surface area contributed by atoms with Gasteiger partial charge < -0.3 is 15.2 Å². The van der Waals surface area contributed by atoms with E-state index in [0.717, 1.165) is 12.8 Å². The van der Waals surface area contributed by atoms with Crippen LogP contribution in [0.2, 0.25) is 0 Å². The predicted octanol–water partition coefficient (Wildman–Crippen LogP) is 1.01. The number of anilines is 1. The molecule has 10 heteroatoms. The maximum absolute atomic E-state index is 13.2. The van der Waals surface area contributed by atoms with E-state index in [0.29, 0.717) is 19.0 Å². The van der Waals surface area contributed by atoms with Crippen LogP contribution in [-0.4, -0.2) is 68.1 Å². The third-order valence-electron chi connectivity index (χ3n) is 5.40. The van der Waals surface area contributed by atoms with Crippen molar-refractivity contribution in [3.63, 3.8) is 0 Å². The minimum Gasteiger partial charge on any atom is -0.474 e. The molecule has 0 radical (unpaired) electrons. The molecule has 0 saturated carbocycles. The molecule has 1 amide bonds. The fourth-order valence-corrected chi connectivity index (χ4v) is 4.91. The van der Waals surface area contributed by atoms with Gasteiger partial charge in [0.1, 0.15) is 12.3 Å². The van der Waals surface area contributed by atoms with Crippen LogP contribution >= 0.6 is 0 Å². The number of pyridine rings is 1. The van der Waals surface area contributed by atoms with Gasteiger partial charge in [-0.05, 0) is 24.8 Å².